The second-order valence-corrected chi connectivity index (χ2v) is 8.79. The maximum atomic E-state index is 11.7. The number of nitrogens with two attached hydrogens (primary N) is 1. The van der Waals surface area contributed by atoms with Crippen LogP contribution in [-0.4, -0.2) is 23.0 Å². The first-order valence-electron chi connectivity index (χ1n) is 7.62. The summed E-state index contributed by atoms with van der Waals surface area (Å²) in [6.07, 6.45) is 1.94. The van der Waals surface area contributed by atoms with E-state index >= 15 is 0 Å². The van der Waals surface area contributed by atoms with Crippen LogP contribution >= 0.6 is 23.4 Å². The first kappa shape index (κ1) is 17.3. The summed E-state index contributed by atoms with van der Waals surface area (Å²) in [7, 11) is -3.91. The quantitative estimate of drug-likeness (QED) is 0.830. The van der Waals surface area contributed by atoms with Crippen molar-refractivity contribution < 1.29 is 8.42 Å². The first-order chi connectivity index (χ1) is 12.4. The van der Waals surface area contributed by atoms with Crippen LogP contribution in [0, 0.1) is 0 Å². The van der Waals surface area contributed by atoms with Gasteiger partial charge >= 0.3 is 0 Å². The molecule has 0 bridgehead atoms. The Hall–Kier alpha value is -2.13. The van der Waals surface area contributed by atoms with Gasteiger partial charge in [-0.2, -0.15) is 0 Å². The molecule has 0 radical (unpaired) electrons. The molecule has 2 N–H and O–H groups in total. The summed E-state index contributed by atoms with van der Waals surface area (Å²) in [5.74, 6) is 0. The van der Waals surface area contributed by atoms with Gasteiger partial charge in [-0.15, -0.1) is 5.10 Å². The van der Waals surface area contributed by atoms with Crippen molar-refractivity contribution >= 4 is 48.6 Å². The van der Waals surface area contributed by atoms with E-state index in [2.05, 4.69) is 10.1 Å². The fourth-order valence-corrected chi connectivity index (χ4v) is 4.37. The van der Waals surface area contributed by atoms with E-state index in [1.54, 1.807) is 17.1 Å². The highest BCUT2D eigenvalue weighted by Gasteiger charge is 2.37. The second kappa shape index (κ2) is 6.55. The summed E-state index contributed by atoms with van der Waals surface area (Å²) in [4.78, 5) is 4.58. The van der Waals surface area contributed by atoms with Gasteiger partial charge < -0.3 is 0 Å². The van der Waals surface area contributed by atoms with E-state index in [4.69, 9.17) is 16.7 Å². The molecule has 0 fully saturated rings. The van der Waals surface area contributed by atoms with Gasteiger partial charge in [-0.1, -0.05) is 54.1 Å². The Morgan fingerprint density at radius 2 is 1.77 bits per heavy atom. The highest BCUT2D eigenvalue weighted by atomic mass is 35.5. The van der Waals surface area contributed by atoms with Crippen molar-refractivity contribution in [3.05, 3.63) is 76.8 Å². The minimum atomic E-state index is -3.91. The standard InChI is InChI=1S/C17H13ClN4O2S2/c18-13-8-6-12(7-9-13)15-10-14(11-4-2-1-3-5-11)20-16-22(15)21-17(25-16)26(19,23)24/h1-10,15H,(H2,19,23,24). The van der Waals surface area contributed by atoms with Crippen LogP contribution in [0.3, 0.4) is 0 Å². The number of fused-ring (bicyclic) bond motifs is 1. The number of sulfonamides is 1. The van der Waals surface area contributed by atoms with Crippen LogP contribution in [0.2, 0.25) is 5.02 Å². The largest absolute Gasteiger partial charge is 0.264 e. The monoisotopic (exact) mass is 404 g/mol. The number of rotatable bonds is 2. The molecular formula is C17H13ClN4O2S2. The van der Waals surface area contributed by atoms with E-state index < -0.39 is 10.0 Å². The molecule has 6 nitrogen and oxygen atoms in total. The maximum absolute atomic E-state index is 11.7. The lowest BCUT2D eigenvalue weighted by molar-refractivity contribution is 0.395. The normalized spacial score (nSPS) is 19.5. The van der Waals surface area contributed by atoms with Gasteiger partial charge in [-0.3, -0.25) is 0 Å². The Labute approximate surface area is 160 Å². The van der Waals surface area contributed by atoms with Crippen LogP contribution in [0.4, 0.5) is 0 Å². The average molecular weight is 405 g/mol. The van der Waals surface area contributed by atoms with Gasteiger partial charge in [0.25, 0.3) is 10.0 Å². The van der Waals surface area contributed by atoms with Crippen molar-refractivity contribution in [2.24, 2.45) is 15.2 Å². The third-order valence-corrected chi connectivity index (χ3v) is 6.37. The maximum Gasteiger partial charge on any atom is 0.264 e. The molecular weight excluding hydrogens is 392 g/mol. The van der Waals surface area contributed by atoms with Crippen molar-refractivity contribution in [3.8, 4) is 0 Å². The van der Waals surface area contributed by atoms with E-state index in [0.29, 0.717) is 10.2 Å². The molecule has 2 aliphatic rings. The van der Waals surface area contributed by atoms with Crippen molar-refractivity contribution in [1.29, 1.82) is 0 Å². The summed E-state index contributed by atoms with van der Waals surface area (Å²) in [6, 6.07) is 16.7. The number of halogens is 1. The van der Waals surface area contributed by atoms with Gasteiger partial charge in [0.05, 0.1) is 5.70 Å². The van der Waals surface area contributed by atoms with E-state index in [1.165, 1.54) is 0 Å². The molecule has 9 heteroatoms. The minimum absolute atomic E-state index is 0.169. The molecule has 0 aliphatic carbocycles. The molecule has 2 aliphatic heterocycles. The number of amidine groups is 1. The van der Waals surface area contributed by atoms with E-state index in [1.807, 2.05) is 48.5 Å². The molecule has 4 rings (SSSR count). The predicted molar refractivity (Wildman–Crippen MR) is 106 cm³/mol. The second-order valence-electron chi connectivity index (χ2n) is 5.67. The molecule has 1 unspecified atom stereocenters. The SMILES string of the molecule is NS(=O)(=O)C1=NN2C(=NC(c3ccccc3)=CC2c2ccc(Cl)cc2)S1. The van der Waals surface area contributed by atoms with Crippen LogP contribution in [0.1, 0.15) is 17.2 Å². The predicted octanol–water partition coefficient (Wildman–Crippen LogP) is 3.40. The fourth-order valence-electron chi connectivity index (χ4n) is 2.67. The zero-order valence-electron chi connectivity index (χ0n) is 13.3. The first-order valence-corrected chi connectivity index (χ1v) is 10.4. The summed E-state index contributed by atoms with van der Waals surface area (Å²) < 4.78 is 23.3. The lowest BCUT2D eigenvalue weighted by atomic mass is 10.0. The van der Waals surface area contributed by atoms with Crippen molar-refractivity contribution in [1.82, 2.24) is 5.01 Å². The van der Waals surface area contributed by atoms with Gasteiger partial charge in [0.1, 0.15) is 6.04 Å². The van der Waals surface area contributed by atoms with Crippen LogP contribution in [-0.2, 0) is 10.0 Å². The molecule has 2 heterocycles. The highest BCUT2D eigenvalue weighted by molar-refractivity contribution is 8.42. The third-order valence-electron chi connectivity index (χ3n) is 3.88. The smallest absolute Gasteiger partial charge is 0.228 e. The molecule has 2 aromatic rings. The molecule has 2 aromatic carbocycles. The van der Waals surface area contributed by atoms with Gasteiger partial charge in [-0.25, -0.2) is 23.6 Å². The number of hydrogen-bond donors (Lipinski definition) is 1. The van der Waals surface area contributed by atoms with Crippen LogP contribution in [0.15, 0.2) is 70.8 Å². The molecule has 0 aromatic heterocycles. The number of hydrogen-bond acceptors (Lipinski definition) is 6. The van der Waals surface area contributed by atoms with E-state index in [-0.39, 0.29) is 10.4 Å². The summed E-state index contributed by atoms with van der Waals surface area (Å²) in [6.45, 7) is 0. The van der Waals surface area contributed by atoms with Crippen molar-refractivity contribution in [3.63, 3.8) is 0 Å². The molecule has 0 saturated carbocycles. The van der Waals surface area contributed by atoms with Gasteiger partial charge in [0.15, 0.2) is 5.17 Å². The summed E-state index contributed by atoms with van der Waals surface area (Å²) >= 11 is 6.94. The van der Waals surface area contributed by atoms with Crippen molar-refractivity contribution in [2.75, 3.05) is 0 Å². The lowest BCUT2D eigenvalue weighted by Crippen LogP contribution is -2.27. The number of benzene rings is 2. The average Bonchev–Trinajstić information content (AvgIpc) is 3.07. The number of aliphatic imine (C=N–C) groups is 1. The fraction of sp³-hybridized carbons (Fsp3) is 0.0588. The molecule has 0 saturated heterocycles. The van der Waals surface area contributed by atoms with Crippen molar-refractivity contribution in [2.45, 2.75) is 6.04 Å². The Kier molecular flexibility index (Phi) is 4.36. The Bertz CT molecular complexity index is 1050. The van der Waals surface area contributed by atoms with Crippen LogP contribution in [0.5, 0.6) is 0 Å². The van der Waals surface area contributed by atoms with Crippen LogP contribution in [0.25, 0.3) is 5.70 Å². The summed E-state index contributed by atoms with van der Waals surface area (Å²) in [5.41, 5.74) is 2.59. The third kappa shape index (κ3) is 3.28. The minimum Gasteiger partial charge on any atom is -0.228 e. The number of nitrogens with zero attached hydrogens (tertiary/aromatic N) is 3. The van der Waals surface area contributed by atoms with Crippen LogP contribution < -0.4 is 5.14 Å². The molecule has 1 atom stereocenters. The van der Waals surface area contributed by atoms with Gasteiger partial charge in [-0.05, 0) is 41.1 Å². The number of thioether (sulfide) groups is 1. The topological polar surface area (TPSA) is 88.1 Å². The number of primary sulfonamides is 1. The zero-order chi connectivity index (χ0) is 18.3. The van der Waals surface area contributed by atoms with Gasteiger partial charge in [0.2, 0.25) is 4.38 Å². The molecule has 132 valence electrons. The van der Waals surface area contributed by atoms with E-state index in [9.17, 15) is 8.42 Å². The lowest BCUT2D eigenvalue weighted by Gasteiger charge is -2.28. The zero-order valence-corrected chi connectivity index (χ0v) is 15.7. The Balaban J connectivity index is 1.82. The summed E-state index contributed by atoms with van der Waals surface area (Å²) in [5, 5.41) is 12.1. The Morgan fingerprint density at radius 1 is 1.08 bits per heavy atom. The molecule has 0 amide bonds. The Morgan fingerprint density at radius 3 is 2.42 bits per heavy atom. The number of hydrazone groups is 1. The van der Waals surface area contributed by atoms with Gasteiger partial charge in [0, 0.05) is 5.02 Å². The highest BCUT2D eigenvalue weighted by Crippen LogP contribution is 2.39. The van der Waals surface area contributed by atoms with E-state index in [0.717, 1.165) is 28.6 Å². The molecule has 0 spiro atoms. The molecule has 26 heavy (non-hydrogen) atoms.